The second-order valence-electron chi connectivity index (χ2n) is 6.86. The summed E-state index contributed by atoms with van der Waals surface area (Å²) >= 11 is 1.46. The van der Waals surface area contributed by atoms with E-state index in [0.29, 0.717) is 36.8 Å². The molecule has 2 aromatic rings. The third-order valence-electron chi connectivity index (χ3n) is 4.62. The minimum atomic E-state index is -3.57. The first-order chi connectivity index (χ1) is 13.4. The van der Waals surface area contributed by atoms with Crippen molar-refractivity contribution in [2.45, 2.75) is 36.7 Å². The first-order valence-corrected chi connectivity index (χ1v) is 11.6. The molecule has 2 heterocycles. The van der Waals surface area contributed by atoms with Crippen molar-refractivity contribution in [2.75, 3.05) is 25.4 Å². The van der Waals surface area contributed by atoms with Gasteiger partial charge in [0.1, 0.15) is 5.82 Å². The SMILES string of the molecule is Cc1ccc(S(=O)(=O)N2CCC[C@@H](C(=O)NCCSc3n[nH]c(C)n3)C2)cc1. The lowest BCUT2D eigenvalue weighted by molar-refractivity contribution is -0.125. The van der Waals surface area contributed by atoms with E-state index in [9.17, 15) is 13.2 Å². The number of amides is 1. The fraction of sp³-hybridized carbons (Fsp3) is 0.500. The highest BCUT2D eigenvalue weighted by Crippen LogP contribution is 2.24. The van der Waals surface area contributed by atoms with Crippen LogP contribution in [0.15, 0.2) is 34.3 Å². The van der Waals surface area contributed by atoms with Crippen LogP contribution >= 0.6 is 11.8 Å². The summed E-state index contributed by atoms with van der Waals surface area (Å²) in [4.78, 5) is 17.0. The number of hydrogen-bond acceptors (Lipinski definition) is 6. The van der Waals surface area contributed by atoms with Crippen LogP contribution in [0.5, 0.6) is 0 Å². The van der Waals surface area contributed by atoms with Gasteiger partial charge in [0.2, 0.25) is 21.1 Å². The lowest BCUT2D eigenvalue weighted by Crippen LogP contribution is -2.45. The number of hydrogen-bond donors (Lipinski definition) is 2. The summed E-state index contributed by atoms with van der Waals surface area (Å²) in [5.74, 6) is 0.977. The molecule has 0 radical (unpaired) electrons. The highest BCUT2D eigenvalue weighted by atomic mass is 32.2. The summed E-state index contributed by atoms with van der Waals surface area (Å²) in [7, 11) is -3.57. The van der Waals surface area contributed by atoms with Gasteiger partial charge in [-0.05, 0) is 38.8 Å². The van der Waals surface area contributed by atoms with Crippen LogP contribution in [0.3, 0.4) is 0 Å². The molecule has 28 heavy (non-hydrogen) atoms. The van der Waals surface area contributed by atoms with Crippen LogP contribution in [0.4, 0.5) is 0 Å². The Labute approximate surface area is 169 Å². The van der Waals surface area contributed by atoms with E-state index in [1.807, 2.05) is 13.8 Å². The molecule has 1 aliphatic heterocycles. The number of sulfonamides is 1. The molecule has 0 spiro atoms. The summed E-state index contributed by atoms with van der Waals surface area (Å²) in [6.07, 6.45) is 1.37. The number of aryl methyl sites for hydroxylation is 2. The van der Waals surface area contributed by atoms with E-state index in [-0.39, 0.29) is 23.3 Å². The van der Waals surface area contributed by atoms with Crippen LogP contribution in [0, 0.1) is 19.8 Å². The molecule has 1 amide bonds. The number of nitrogens with zero attached hydrogens (tertiary/aromatic N) is 3. The van der Waals surface area contributed by atoms with E-state index >= 15 is 0 Å². The van der Waals surface area contributed by atoms with Crippen LogP contribution in [0.2, 0.25) is 0 Å². The largest absolute Gasteiger partial charge is 0.355 e. The van der Waals surface area contributed by atoms with Gasteiger partial charge in [-0.1, -0.05) is 29.5 Å². The zero-order valence-electron chi connectivity index (χ0n) is 16.0. The van der Waals surface area contributed by atoms with Gasteiger partial charge in [-0.3, -0.25) is 9.89 Å². The summed E-state index contributed by atoms with van der Waals surface area (Å²) in [5.41, 5.74) is 1.01. The van der Waals surface area contributed by atoms with E-state index in [2.05, 4.69) is 20.5 Å². The highest BCUT2D eigenvalue weighted by molar-refractivity contribution is 7.99. The molecule has 1 aromatic heterocycles. The topological polar surface area (TPSA) is 108 Å². The van der Waals surface area contributed by atoms with Gasteiger partial charge in [0.25, 0.3) is 0 Å². The summed E-state index contributed by atoms with van der Waals surface area (Å²) in [6, 6.07) is 6.82. The van der Waals surface area contributed by atoms with Crippen molar-refractivity contribution in [1.82, 2.24) is 24.8 Å². The Hall–Kier alpha value is -1.91. The van der Waals surface area contributed by atoms with Crippen molar-refractivity contribution in [3.05, 3.63) is 35.7 Å². The maximum absolute atomic E-state index is 12.9. The fourth-order valence-corrected chi connectivity index (χ4v) is 5.30. The molecule has 1 aliphatic rings. The van der Waals surface area contributed by atoms with Gasteiger partial charge in [0.05, 0.1) is 10.8 Å². The Bertz CT molecular complexity index is 912. The van der Waals surface area contributed by atoms with Crippen LogP contribution in [0.25, 0.3) is 0 Å². The lowest BCUT2D eigenvalue weighted by atomic mass is 9.99. The van der Waals surface area contributed by atoms with Crippen LogP contribution in [0.1, 0.15) is 24.2 Å². The number of carbonyl (C=O) groups excluding carboxylic acids is 1. The number of benzene rings is 1. The van der Waals surface area contributed by atoms with Gasteiger partial charge >= 0.3 is 0 Å². The van der Waals surface area contributed by atoms with Crippen molar-refractivity contribution in [3.63, 3.8) is 0 Å². The Balaban J connectivity index is 1.52. The summed E-state index contributed by atoms with van der Waals surface area (Å²) in [5, 5.41) is 10.4. The number of piperidine rings is 1. The van der Waals surface area contributed by atoms with Crippen LogP contribution in [-0.2, 0) is 14.8 Å². The number of rotatable bonds is 7. The maximum Gasteiger partial charge on any atom is 0.243 e. The minimum absolute atomic E-state index is 0.101. The molecule has 2 N–H and O–H groups in total. The molecular weight excluding hydrogens is 398 g/mol. The predicted molar refractivity (Wildman–Crippen MR) is 108 cm³/mol. The molecule has 1 atom stereocenters. The number of aromatic nitrogens is 3. The first kappa shape index (κ1) is 20.8. The van der Waals surface area contributed by atoms with Gasteiger partial charge in [-0.15, -0.1) is 5.10 Å². The second kappa shape index (κ2) is 9.06. The van der Waals surface area contributed by atoms with Gasteiger partial charge in [-0.25, -0.2) is 13.4 Å². The zero-order valence-corrected chi connectivity index (χ0v) is 17.6. The molecule has 8 nitrogen and oxygen atoms in total. The maximum atomic E-state index is 12.9. The van der Waals surface area contributed by atoms with E-state index < -0.39 is 10.0 Å². The Morgan fingerprint density at radius 1 is 1.32 bits per heavy atom. The normalized spacial score (nSPS) is 18.1. The Morgan fingerprint density at radius 3 is 2.75 bits per heavy atom. The molecule has 1 aromatic carbocycles. The number of carbonyl (C=O) groups is 1. The number of nitrogens with one attached hydrogen (secondary N) is 2. The van der Waals surface area contributed by atoms with E-state index in [4.69, 9.17) is 0 Å². The average molecular weight is 424 g/mol. The molecule has 0 unspecified atom stereocenters. The van der Waals surface area contributed by atoms with Gasteiger partial charge in [0, 0.05) is 25.4 Å². The monoisotopic (exact) mass is 423 g/mol. The van der Waals surface area contributed by atoms with Crippen LogP contribution in [-0.4, -0.2) is 59.2 Å². The van der Waals surface area contributed by atoms with Crippen molar-refractivity contribution in [2.24, 2.45) is 5.92 Å². The third kappa shape index (κ3) is 5.12. The van der Waals surface area contributed by atoms with Gasteiger partial charge in [-0.2, -0.15) is 4.31 Å². The number of thioether (sulfide) groups is 1. The first-order valence-electron chi connectivity index (χ1n) is 9.22. The van der Waals surface area contributed by atoms with Crippen LogP contribution < -0.4 is 5.32 Å². The third-order valence-corrected chi connectivity index (χ3v) is 7.35. The van der Waals surface area contributed by atoms with E-state index in [0.717, 1.165) is 11.4 Å². The lowest BCUT2D eigenvalue weighted by Gasteiger charge is -2.31. The van der Waals surface area contributed by atoms with Gasteiger partial charge < -0.3 is 5.32 Å². The standard InChI is InChI=1S/C18H25N5O3S2/c1-13-5-7-16(8-6-13)28(25,26)23-10-3-4-15(12-23)17(24)19-9-11-27-18-20-14(2)21-22-18/h5-8,15H,3-4,9-12H2,1-2H3,(H,19,24)(H,20,21,22)/t15-/m1/s1. The zero-order chi connectivity index (χ0) is 20.1. The fourth-order valence-electron chi connectivity index (χ4n) is 3.08. The van der Waals surface area contributed by atoms with E-state index in [1.165, 1.54) is 16.1 Å². The van der Waals surface area contributed by atoms with Crippen molar-refractivity contribution in [3.8, 4) is 0 Å². The summed E-state index contributed by atoms with van der Waals surface area (Å²) < 4.78 is 27.1. The van der Waals surface area contributed by atoms with Gasteiger partial charge in [0.15, 0.2) is 0 Å². The quantitative estimate of drug-likeness (QED) is 0.519. The second-order valence-corrected chi connectivity index (χ2v) is 9.86. The smallest absolute Gasteiger partial charge is 0.243 e. The highest BCUT2D eigenvalue weighted by Gasteiger charge is 2.33. The van der Waals surface area contributed by atoms with Crippen molar-refractivity contribution in [1.29, 1.82) is 0 Å². The predicted octanol–water partition coefficient (Wildman–Crippen LogP) is 1.73. The molecule has 3 rings (SSSR count). The molecule has 1 fully saturated rings. The molecule has 152 valence electrons. The minimum Gasteiger partial charge on any atom is -0.355 e. The molecular formula is C18H25N5O3S2. The van der Waals surface area contributed by atoms with Crippen molar-refractivity contribution >= 4 is 27.7 Å². The molecule has 1 saturated heterocycles. The average Bonchev–Trinajstić information content (AvgIpc) is 3.10. The Morgan fingerprint density at radius 2 is 2.07 bits per heavy atom. The summed E-state index contributed by atoms with van der Waals surface area (Å²) in [6.45, 7) is 4.89. The van der Waals surface area contributed by atoms with Crippen molar-refractivity contribution < 1.29 is 13.2 Å². The van der Waals surface area contributed by atoms with E-state index in [1.54, 1.807) is 24.3 Å². The molecule has 0 aliphatic carbocycles. The molecule has 0 bridgehead atoms. The molecule has 0 saturated carbocycles. The number of H-pyrrole nitrogens is 1. The Kier molecular flexibility index (Phi) is 6.73. The number of aromatic amines is 1. The molecule has 10 heteroatoms.